The minimum absolute atomic E-state index is 0.157. The molecule has 2 aromatic carbocycles. The van der Waals surface area contributed by atoms with Crippen LogP contribution >= 0.6 is 0 Å². The number of hydrogen-bond donors (Lipinski definition) is 3. The SMILES string of the molecule is Cc1cccc(CNc2ccc(C(=O)NCCc3c[nH]c4ccccc34)nc2)c1. The number of nitrogens with zero attached hydrogens (tertiary/aromatic N) is 1. The molecule has 0 atom stereocenters. The molecule has 0 aliphatic heterocycles. The topological polar surface area (TPSA) is 69.8 Å². The van der Waals surface area contributed by atoms with Gasteiger partial charge in [0.05, 0.1) is 11.9 Å². The molecule has 3 N–H and O–H groups in total. The number of amides is 1. The second kappa shape index (κ2) is 8.61. The molecule has 5 nitrogen and oxygen atoms in total. The summed E-state index contributed by atoms with van der Waals surface area (Å²) in [4.78, 5) is 19.9. The van der Waals surface area contributed by atoms with E-state index in [-0.39, 0.29) is 5.91 Å². The normalized spacial score (nSPS) is 10.8. The molecule has 0 unspecified atom stereocenters. The lowest BCUT2D eigenvalue weighted by molar-refractivity contribution is 0.0949. The number of carbonyl (C=O) groups excluding carboxylic acids is 1. The average molecular weight is 384 g/mol. The van der Waals surface area contributed by atoms with E-state index in [2.05, 4.69) is 57.9 Å². The van der Waals surface area contributed by atoms with Crippen LogP contribution in [-0.2, 0) is 13.0 Å². The fourth-order valence-corrected chi connectivity index (χ4v) is 3.40. The van der Waals surface area contributed by atoms with Crippen molar-refractivity contribution >= 4 is 22.5 Å². The van der Waals surface area contributed by atoms with Crippen molar-refractivity contribution in [3.8, 4) is 0 Å². The van der Waals surface area contributed by atoms with Crippen LogP contribution in [0.15, 0.2) is 73.1 Å². The quantitative estimate of drug-likeness (QED) is 0.441. The lowest BCUT2D eigenvalue weighted by Crippen LogP contribution is -2.26. The standard InChI is InChI=1S/C24H24N4O/c1-17-5-4-6-18(13-17)14-26-20-9-10-23(28-16-20)24(29)25-12-11-19-15-27-22-8-3-2-7-21(19)22/h2-10,13,15-16,26-27H,11-12,14H2,1H3,(H,25,29). The van der Waals surface area contributed by atoms with Gasteiger partial charge in [0.2, 0.25) is 0 Å². The molecule has 1 amide bonds. The molecule has 146 valence electrons. The number of rotatable bonds is 7. The Labute approximate surface area is 170 Å². The number of aryl methyl sites for hydroxylation is 1. The van der Waals surface area contributed by atoms with Crippen LogP contribution in [-0.4, -0.2) is 22.4 Å². The first-order chi connectivity index (χ1) is 14.2. The van der Waals surface area contributed by atoms with E-state index in [0.717, 1.165) is 24.2 Å². The van der Waals surface area contributed by atoms with Crippen molar-refractivity contribution in [3.63, 3.8) is 0 Å². The Morgan fingerprint density at radius 1 is 1.07 bits per heavy atom. The van der Waals surface area contributed by atoms with Gasteiger partial charge in [0.15, 0.2) is 0 Å². The van der Waals surface area contributed by atoms with Crippen LogP contribution in [0.25, 0.3) is 10.9 Å². The van der Waals surface area contributed by atoms with Gasteiger partial charge in [-0.15, -0.1) is 0 Å². The van der Waals surface area contributed by atoms with Crippen molar-refractivity contribution in [3.05, 3.63) is 95.4 Å². The number of para-hydroxylation sites is 1. The van der Waals surface area contributed by atoms with E-state index in [1.165, 1.54) is 22.1 Å². The number of benzene rings is 2. The highest BCUT2D eigenvalue weighted by atomic mass is 16.1. The van der Waals surface area contributed by atoms with Gasteiger partial charge in [0.1, 0.15) is 5.69 Å². The van der Waals surface area contributed by atoms with E-state index in [0.29, 0.717) is 12.2 Å². The number of fused-ring (bicyclic) bond motifs is 1. The summed E-state index contributed by atoms with van der Waals surface area (Å²) in [6.07, 6.45) is 4.47. The lowest BCUT2D eigenvalue weighted by atomic mass is 10.1. The summed E-state index contributed by atoms with van der Waals surface area (Å²) < 4.78 is 0. The summed E-state index contributed by atoms with van der Waals surface area (Å²) in [5.74, 6) is -0.157. The Balaban J connectivity index is 1.28. The predicted molar refractivity (Wildman–Crippen MR) is 117 cm³/mol. The van der Waals surface area contributed by atoms with E-state index in [1.807, 2.05) is 30.5 Å². The molecule has 2 aromatic heterocycles. The number of anilines is 1. The first-order valence-corrected chi connectivity index (χ1v) is 9.78. The van der Waals surface area contributed by atoms with Crippen LogP contribution in [0.3, 0.4) is 0 Å². The number of nitrogens with one attached hydrogen (secondary N) is 3. The van der Waals surface area contributed by atoms with Crippen molar-refractivity contribution in [1.29, 1.82) is 0 Å². The molecule has 0 aliphatic rings. The smallest absolute Gasteiger partial charge is 0.269 e. The van der Waals surface area contributed by atoms with Crippen LogP contribution in [0.4, 0.5) is 5.69 Å². The average Bonchev–Trinajstić information content (AvgIpc) is 3.16. The fraction of sp³-hybridized carbons (Fsp3) is 0.167. The molecular formula is C24H24N4O. The van der Waals surface area contributed by atoms with Gasteiger partial charge < -0.3 is 15.6 Å². The number of aromatic nitrogens is 2. The third-order valence-electron chi connectivity index (χ3n) is 4.93. The van der Waals surface area contributed by atoms with E-state index < -0.39 is 0 Å². The number of hydrogen-bond acceptors (Lipinski definition) is 3. The maximum atomic E-state index is 12.4. The van der Waals surface area contributed by atoms with Gasteiger partial charge in [0.25, 0.3) is 5.91 Å². The predicted octanol–water partition coefficient (Wildman–Crippen LogP) is 4.46. The maximum Gasteiger partial charge on any atom is 0.269 e. The Kier molecular flexibility index (Phi) is 5.56. The summed E-state index contributed by atoms with van der Waals surface area (Å²) in [6, 6.07) is 20.2. The molecule has 0 spiro atoms. The van der Waals surface area contributed by atoms with Crippen LogP contribution in [0, 0.1) is 6.92 Å². The highest BCUT2D eigenvalue weighted by molar-refractivity contribution is 5.92. The number of carbonyl (C=O) groups is 1. The zero-order valence-electron chi connectivity index (χ0n) is 16.4. The minimum atomic E-state index is -0.157. The highest BCUT2D eigenvalue weighted by Gasteiger charge is 2.08. The monoisotopic (exact) mass is 384 g/mol. The van der Waals surface area contributed by atoms with Crippen LogP contribution < -0.4 is 10.6 Å². The van der Waals surface area contributed by atoms with Crippen molar-refractivity contribution in [1.82, 2.24) is 15.3 Å². The zero-order valence-corrected chi connectivity index (χ0v) is 16.4. The molecule has 29 heavy (non-hydrogen) atoms. The second-order valence-corrected chi connectivity index (χ2v) is 7.14. The second-order valence-electron chi connectivity index (χ2n) is 7.14. The molecular weight excluding hydrogens is 360 g/mol. The van der Waals surface area contributed by atoms with E-state index >= 15 is 0 Å². The van der Waals surface area contributed by atoms with Gasteiger partial charge in [-0.25, -0.2) is 4.98 Å². The Morgan fingerprint density at radius 3 is 2.79 bits per heavy atom. The molecule has 2 heterocycles. The van der Waals surface area contributed by atoms with Gasteiger partial charge in [-0.05, 0) is 42.7 Å². The van der Waals surface area contributed by atoms with Gasteiger partial charge >= 0.3 is 0 Å². The number of pyridine rings is 1. The number of aromatic amines is 1. The first kappa shape index (κ1) is 18.7. The Bertz CT molecular complexity index is 1120. The molecule has 0 fully saturated rings. The van der Waals surface area contributed by atoms with E-state index in [4.69, 9.17) is 0 Å². The molecule has 0 radical (unpaired) electrons. The summed E-state index contributed by atoms with van der Waals surface area (Å²) in [6.45, 7) is 3.37. The lowest BCUT2D eigenvalue weighted by Gasteiger charge is -2.08. The van der Waals surface area contributed by atoms with Gasteiger partial charge in [-0.3, -0.25) is 4.79 Å². The summed E-state index contributed by atoms with van der Waals surface area (Å²) in [5, 5.41) is 7.48. The Hall–Kier alpha value is -3.60. The number of H-pyrrole nitrogens is 1. The van der Waals surface area contributed by atoms with Crippen LogP contribution in [0.1, 0.15) is 27.2 Å². The van der Waals surface area contributed by atoms with Gasteiger partial charge in [-0.2, -0.15) is 0 Å². The van der Waals surface area contributed by atoms with Crippen LogP contribution in [0.2, 0.25) is 0 Å². The van der Waals surface area contributed by atoms with Gasteiger partial charge in [0, 0.05) is 30.2 Å². The van der Waals surface area contributed by atoms with E-state index in [9.17, 15) is 4.79 Å². The third kappa shape index (κ3) is 4.63. The van der Waals surface area contributed by atoms with Crippen molar-refractivity contribution in [2.75, 3.05) is 11.9 Å². The summed E-state index contributed by atoms with van der Waals surface area (Å²) in [7, 11) is 0. The molecule has 5 heteroatoms. The molecule has 0 bridgehead atoms. The Morgan fingerprint density at radius 2 is 1.97 bits per heavy atom. The molecule has 4 aromatic rings. The van der Waals surface area contributed by atoms with E-state index in [1.54, 1.807) is 12.3 Å². The van der Waals surface area contributed by atoms with Crippen molar-refractivity contribution < 1.29 is 4.79 Å². The summed E-state index contributed by atoms with van der Waals surface area (Å²) in [5.41, 5.74) is 6.08. The van der Waals surface area contributed by atoms with Gasteiger partial charge in [-0.1, -0.05) is 48.0 Å². The maximum absolute atomic E-state index is 12.4. The zero-order chi connectivity index (χ0) is 20.1. The first-order valence-electron chi connectivity index (χ1n) is 9.78. The minimum Gasteiger partial charge on any atom is -0.380 e. The summed E-state index contributed by atoms with van der Waals surface area (Å²) >= 11 is 0. The highest BCUT2D eigenvalue weighted by Crippen LogP contribution is 2.17. The van der Waals surface area contributed by atoms with Crippen molar-refractivity contribution in [2.45, 2.75) is 19.9 Å². The molecule has 0 saturated heterocycles. The fourth-order valence-electron chi connectivity index (χ4n) is 3.40. The van der Waals surface area contributed by atoms with Crippen LogP contribution in [0.5, 0.6) is 0 Å². The third-order valence-corrected chi connectivity index (χ3v) is 4.93. The van der Waals surface area contributed by atoms with Crippen molar-refractivity contribution in [2.24, 2.45) is 0 Å². The molecule has 4 rings (SSSR count). The molecule has 0 aliphatic carbocycles. The largest absolute Gasteiger partial charge is 0.380 e. The molecule has 0 saturated carbocycles.